The molecule has 1 saturated heterocycles. The molecule has 1 amide bonds. The van der Waals surface area contributed by atoms with Gasteiger partial charge in [-0.2, -0.15) is 5.10 Å². The molecule has 1 spiro atoms. The average molecular weight is 410 g/mol. The van der Waals surface area contributed by atoms with Gasteiger partial charge >= 0.3 is 0 Å². The number of aromatic nitrogens is 2. The first kappa shape index (κ1) is 19.5. The van der Waals surface area contributed by atoms with Crippen molar-refractivity contribution in [3.8, 4) is 5.69 Å². The van der Waals surface area contributed by atoms with E-state index in [0.717, 1.165) is 48.6 Å². The molecule has 1 fully saturated rings. The van der Waals surface area contributed by atoms with Crippen LogP contribution in [0.25, 0.3) is 5.69 Å². The van der Waals surface area contributed by atoms with Gasteiger partial charge in [-0.15, -0.1) is 12.4 Å². The normalized spacial score (nSPS) is 17.4. The summed E-state index contributed by atoms with van der Waals surface area (Å²) in [5.41, 5.74) is 3.60. The van der Waals surface area contributed by atoms with Crippen molar-refractivity contribution in [3.63, 3.8) is 0 Å². The van der Waals surface area contributed by atoms with Gasteiger partial charge in [-0.25, -0.2) is 4.68 Å². The quantitative estimate of drug-likeness (QED) is 0.696. The van der Waals surface area contributed by atoms with Crippen LogP contribution >= 0.6 is 12.4 Å². The highest BCUT2D eigenvalue weighted by molar-refractivity contribution is 6.07. The van der Waals surface area contributed by atoms with Gasteiger partial charge in [0.25, 0.3) is 5.91 Å². The minimum atomic E-state index is -0.505. The van der Waals surface area contributed by atoms with Crippen molar-refractivity contribution < 1.29 is 4.79 Å². The molecule has 0 saturated carbocycles. The molecule has 3 aromatic rings. The second-order valence-electron chi connectivity index (χ2n) is 7.48. The number of benzene rings is 2. The molecule has 2 N–H and O–H groups in total. The van der Waals surface area contributed by atoms with Crippen LogP contribution in [0.5, 0.6) is 0 Å². The molecular weight excluding hydrogens is 386 g/mol. The minimum absolute atomic E-state index is 0. The van der Waals surface area contributed by atoms with Crippen molar-refractivity contribution in [3.05, 3.63) is 72.6 Å². The Morgan fingerprint density at radius 1 is 1.00 bits per heavy atom. The van der Waals surface area contributed by atoms with Crippen LogP contribution in [0.1, 0.15) is 18.4 Å². The highest BCUT2D eigenvalue weighted by atomic mass is 35.5. The molecule has 29 heavy (non-hydrogen) atoms. The van der Waals surface area contributed by atoms with Crippen molar-refractivity contribution in [1.29, 1.82) is 0 Å². The molecule has 0 atom stereocenters. The fraction of sp³-hybridized carbons (Fsp3) is 0.273. The number of piperidine rings is 1. The molecule has 2 aliphatic rings. The Morgan fingerprint density at radius 2 is 1.76 bits per heavy atom. The maximum absolute atomic E-state index is 13.5. The zero-order chi connectivity index (χ0) is 19.0. The summed E-state index contributed by atoms with van der Waals surface area (Å²) < 4.78 is 1.83. The number of anilines is 2. The van der Waals surface area contributed by atoms with Gasteiger partial charge in [-0.1, -0.05) is 24.3 Å². The molecule has 2 aromatic carbocycles. The highest BCUT2D eigenvalue weighted by Gasteiger charge is 2.46. The average Bonchev–Trinajstić information content (AvgIpc) is 3.28. The van der Waals surface area contributed by atoms with Gasteiger partial charge in [0.1, 0.15) is 5.54 Å². The monoisotopic (exact) mass is 409 g/mol. The van der Waals surface area contributed by atoms with Crippen molar-refractivity contribution in [2.45, 2.75) is 24.9 Å². The van der Waals surface area contributed by atoms with Gasteiger partial charge < -0.3 is 15.5 Å². The number of carbonyl (C=O) groups excluding carboxylic acids is 1. The predicted octanol–water partition coefficient (Wildman–Crippen LogP) is 3.38. The van der Waals surface area contributed by atoms with Crippen LogP contribution < -0.4 is 15.5 Å². The summed E-state index contributed by atoms with van der Waals surface area (Å²) in [6.45, 7) is 2.27. The Morgan fingerprint density at radius 3 is 2.48 bits per heavy atom. The molecule has 0 unspecified atom stereocenters. The molecule has 0 aliphatic carbocycles. The number of hydrogen-bond acceptors (Lipinski definition) is 4. The Hall–Kier alpha value is -2.83. The van der Waals surface area contributed by atoms with Crippen LogP contribution in [-0.4, -0.2) is 34.3 Å². The highest BCUT2D eigenvalue weighted by Crippen LogP contribution is 2.39. The molecule has 0 bridgehead atoms. The summed E-state index contributed by atoms with van der Waals surface area (Å²) in [6.07, 6.45) is 5.29. The van der Waals surface area contributed by atoms with Crippen molar-refractivity contribution >= 4 is 29.7 Å². The van der Waals surface area contributed by atoms with Gasteiger partial charge in [0.2, 0.25) is 0 Å². The van der Waals surface area contributed by atoms with Crippen molar-refractivity contribution in [1.82, 2.24) is 15.1 Å². The van der Waals surface area contributed by atoms with Crippen molar-refractivity contribution in [2.24, 2.45) is 0 Å². The van der Waals surface area contributed by atoms with E-state index in [-0.39, 0.29) is 18.3 Å². The van der Waals surface area contributed by atoms with E-state index in [4.69, 9.17) is 0 Å². The van der Waals surface area contributed by atoms with Crippen LogP contribution in [0.15, 0.2) is 67.0 Å². The summed E-state index contributed by atoms with van der Waals surface area (Å²) in [5.74, 6) is 0.170. The number of rotatable bonds is 3. The molecule has 6 nitrogen and oxygen atoms in total. The number of amides is 1. The third-order valence-electron chi connectivity index (χ3n) is 5.73. The number of hydrogen-bond donors (Lipinski definition) is 2. The third-order valence-corrected chi connectivity index (χ3v) is 5.73. The molecule has 1 aromatic heterocycles. The van der Waals surface area contributed by atoms with Gasteiger partial charge in [0.15, 0.2) is 0 Å². The second kappa shape index (κ2) is 7.89. The summed E-state index contributed by atoms with van der Waals surface area (Å²) in [4.78, 5) is 15.5. The zero-order valence-electron chi connectivity index (χ0n) is 16.0. The Bertz CT molecular complexity index is 981. The van der Waals surface area contributed by atoms with Crippen LogP contribution in [0.2, 0.25) is 0 Å². The standard InChI is InChI=1S/C22H23N5O.ClH/c28-21-22(10-13-23-14-11-22)25-19-4-1-2-5-20(19)26(21)16-17-6-8-18(9-7-17)27-15-3-12-24-27;/h1-9,12,15,23,25H,10-11,13-14,16H2;1H. The lowest BCUT2D eigenvalue weighted by Crippen LogP contribution is -2.61. The van der Waals surface area contributed by atoms with Gasteiger partial charge in [-0.3, -0.25) is 4.79 Å². The van der Waals surface area contributed by atoms with Crippen LogP contribution in [0.4, 0.5) is 11.4 Å². The SMILES string of the molecule is Cl.O=C1N(Cc2ccc(-n3cccn3)cc2)c2ccccc2NC12CCNCC2. The number of para-hydroxylation sites is 2. The largest absolute Gasteiger partial charge is 0.369 e. The van der Waals surface area contributed by atoms with Crippen molar-refractivity contribution in [2.75, 3.05) is 23.3 Å². The van der Waals surface area contributed by atoms with E-state index in [1.165, 1.54) is 0 Å². The Labute approximate surface area is 176 Å². The number of fused-ring (bicyclic) bond motifs is 1. The molecule has 0 radical (unpaired) electrons. The minimum Gasteiger partial charge on any atom is -0.369 e. The third kappa shape index (κ3) is 3.50. The lowest BCUT2D eigenvalue weighted by molar-refractivity contribution is -0.124. The maximum atomic E-state index is 13.5. The van der Waals surface area contributed by atoms with Crippen LogP contribution in [0, 0.1) is 0 Å². The molecule has 5 rings (SSSR count). The summed E-state index contributed by atoms with van der Waals surface area (Å²) in [5, 5.41) is 11.2. The Balaban J connectivity index is 0.00000205. The number of nitrogens with zero attached hydrogens (tertiary/aromatic N) is 3. The van der Waals surface area contributed by atoms with Crippen LogP contribution in [0.3, 0.4) is 0 Å². The molecule has 2 aliphatic heterocycles. The van der Waals surface area contributed by atoms with E-state index in [9.17, 15) is 4.79 Å². The van der Waals surface area contributed by atoms with E-state index >= 15 is 0 Å². The van der Waals surface area contributed by atoms with Gasteiger partial charge in [-0.05, 0) is 61.8 Å². The fourth-order valence-corrected chi connectivity index (χ4v) is 4.20. The second-order valence-corrected chi connectivity index (χ2v) is 7.48. The van der Waals surface area contributed by atoms with E-state index in [1.54, 1.807) is 6.20 Å². The summed E-state index contributed by atoms with van der Waals surface area (Å²) >= 11 is 0. The lowest BCUT2D eigenvalue weighted by Gasteiger charge is -2.46. The predicted molar refractivity (Wildman–Crippen MR) is 117 cm³/mol. The molecular formula is C22H24ClN5O. The zero-order valence-corrected chi connectivity index (χ0v) is 16.9. The smallest absolute Gasteiger partial charge is 0.253 e. The number of carbonyl (C=O) groups is 1. The summed E-state index contributed by atoms with van der Waals surface area (Å²) in [6, 6.07) is 18.2. The molecule has 7 heteroatoms. The van der Waals surface area contributed by atoms with E-state index in [1.807, 2.05) is 52.2 Å². The first-order valence-corrected chi connectivity index (χ1v) is 9.74. The first-order chi connectivity index (χ1) is 13.8. The summed E-state index contributed by atoms with van der Waals surface area (Å²) in [7, 11) is 0. The first-order valence-electron chi connectivity index (χ1n) is 9.74. The van der Waals surface area contributed by atoms with Gasteiger partial charge in [0.05, 0.1) is 23.6 Å². The maximum Gasteiger partial charge on any atom is 0.253 e. The fourth-order valence-electron chi connectivity index (χ4n) is 4.20. The lowest BCUT2D eigenvalue weighted by atomic mass is 9.84. The van der Waals surface area contributed by atoms with Gasteiger partial charge in [0, 0.05) is 12.4 Å². The van der Waals surface area contributed by atoms with E-state index in [2.05, 4.69) is 33.9 Å². The number of nitrogens with one attached hydrogen (secondary N) is 2. The van der Waals surface area contributed by atoms with E-state index < -0.39 is 5.54 Å². The molecule has 150 valence electrons. The number of halogens is 1. The molecule has 3 heterocycles. The topological polar surface area (TPSA) is 62.2 Å². The van der Waals surface area contributed by atoms with E-state index in [0.29, 0.717) is 6.54 Å². The Kier molecular flexibility index (Phi) is 5.30. The van der Waals surface area contributed by atoms with Crippen LogP contribution in [-0.2, 0) is 11.3 Å².